The third-order valence-corrected chi connectivity index (χ3v) is 18.4. The normalized spacial score (nSPS) is 18.7. The number of fused-ring (bicyclic) bond motifs is 8. The molecule has 4 aromatic carbocycles. The van der Waals surface area contributed by atoms with E-state index in [-0.39, 0.29) is 89.4 Å². The summed E-state index contributed by atoms with van der Waals surface area (Å²) in [5.41, 5.74) is 7.97. The van der Waals surface area contributed by atoms with E-state index in [4.69, 9.17) is 47.4 Å². The predicted molar refractivity (Wildman–Crippen MR) is 321 cm³/mol. The van der Waals surface area contributed by atoms with Gasteiger partial charge < -0.3 is 47.4 Å². The van der Waals surface area contributed by atoms with Crippen LogP contribution in [0.5, 0.6) is 23.0 Å². The van der Waals surface area contributed by atoms with Gasteiger partial charge in [-0.2, -0.15) is 0 Å². The van der Waals surface area contributed by atoms with Crippen LogP contribution in [0.2, 0.25) is 0 Å². The van der Waals surface area contributed by atoms with Crippen molar-refractivity contribution >= 4 is 35.8 Å². The van der Waals surface area contributed by atoms with Gasteiger partial charge in [0.2, 0.25) is 0 Å². The Morgan fingerprint density at radius 2 is 0.605 bits per heavy atom. The van der Waals surface area contributed by atoms with Gasteiger partial charge in [0.15, 0.2) is 0 Å². The van der Waals surface area contributed by atoms with Crippen molar-refractivity contribution in [2.24, 2.45) is 10.8 Å². The molecule has 464 valence electrons. The van der Waals surface area contributed by atoms with Crippen molar-refractivity contribution in [3.05, 3.63) is 115 Å². The van der Waals surface area contributed by atoms with Crippen LogP contribution in [0, 0.1) is 10.8 Å². The molecule has 0 aliphatic heterocycles. The Hall–Kier alpha value is -7.10. The summed E-state index contributed by atoms with van der Waals surface area (Å²) in [6.07, 6.45) is 12.7. The summed E-state index contributed by atoms with van der Waals surface area (Å²) in [6.45, 7) is 8.82. The Labute approximate surface area is 506 Å². The van der Waals surface area contributed by atoms with Crippen LogP contribution >= 0.6 is 0 Å². The number of hydrogen-bond donors (Lipinski definition) is 0. The van der Waals surface area contributed by atoms with E-state index in [1.54, 1.807) is 55.8 Å². The van der Waals surface area contributed by atoms with Gasteiger partial charge in [0.25, 0.3) is 10.8 Å². The van der Waals surface area contributed by atoms with Crippen LogP contribution < -0.4 is 18.9 Å². The number of benzene rings is 4. The van der Waals surface area contributed by atoms with Gasteiger partial charge in [0, 0.05) is 25.7 Å². The van der Waals surface area contributed by atoms with E-state index in [9.17, 15) is 28.8 Å². The fraction of sp³-hybridized carbons (Fsp3) is 0.571. The van der Waals surface area contributed by atoms with Crippen molar-refractivity contribution in [2.75, 3.05) is 67.1 Å². The average molecular weight is 1190 g/mol. The second-order valence-corrected chi connectivity index (χ2v) is 23.5. The summed E-state index contributed by atoms with van der Waals surface area (Å²) < 4.78 is 60.4. The van der Waals surface area contributed by atoms with E-state index >= 15 is 0 Å². The van der Waals surface area contributed by atoms with E-state index in [1.807, 2.05) is 0 Å². The Bertz CT molecular complexity index is 2840. The summed E-state index contributed by atoms with van der Waals surface area (Å²) in [5.74, 6) is -3.55. The van der Waals surface area contributed by atoms with Crippen LogP contribution in [0.3, 0.4) is 0 Å². The molecular formula is C70H88O16. The lowest BCUT2D eigenvalue weighted by Gasteiger charge is -2.41. The third kappa shape index (κ3) is 12.7. The number of ether oxygens (including phenoxy) is 10. The third-order valence-electron chi connectivity index (χ3n) is 18.4. The van der Waals surface area contributed by atoms with Crippen molar-refractivity contribution in [1.82, 2.24) is 0 Å². The number of carbonyl (C=O) groups excluding carboxylic acids is 6. The Balaban J connectivity index is 1.27. The zero-order valence-corrected chi connectivity index (χ0v) is 51.8. The largest absolute Gasteiger partial charge is 0.496 e. The molecule has 0 spiro atoms. The molecule has 16 heteroatoms. The Morgan fingerprint density at radius 3 is 0.837 bits per heavy atom. The minimum Gasteiger partial charge on any atom is -0.496 e. The molecule has 0 unspecified atom stereocenters. The molecule has 16 nitrogen and oxygen atoms in total. The second-order valence-electron chi connectivity index (χ2n) is 23.5. The van der Waals surface area contributed by atoms with Crippen LogP contribution in [-0.4, -0.2) is 103 Å². The summed E-state index contributed by atoms with van der Waals surface area (Å²) in [7, 11) is 3.47. The summed E-state index contributed by atoms with van der Waals surface area (Å²) in [4.78, 5) is 84.3. The van der Waals surface area contributed by atoms with Gasteiger partial charge >= 0.3 is 35.8 Å². The summed E-state index contributed by atoms with van der Waals surface area (Å²) in [6, 6.07) is 18.4. The fourth-order valence-electron chi connectivity index (χ4n) is 14.0. The lowest BCUT2D eigenvalue weighted by atomic mass is 9.64. The molecule has 4 aromatic rings. The molecule has 0 saturated heterocycles. The summed E-state index contributed by atoms with van der Waals surface area (Å²) in [5, 5.41) is 0. The molecule has 12 bridgehead atoms. The van der Waals surface area contributed by atoms with Crippen LogP contribution in [0.1, 0.15) is 209 Å². The first-order valence-electron chi connectivity index (χ1n) is 31.7. The number of aryl methyl sites for hydroxylation is 4. The number of rotatable bonds is 22. The average Bonchev–Trinajstić information content (AvgIpc) is 1.02. The van der Waals surface area contributed by atoms with Crippen molar-refractivity contribution in [3.8, 4) is 23.0 Å². The van der Waals surface area contributed by atoms with Crippen LogP contribution in [0.4, 0.5) is 0 Å². The number of esters is 6. The van der Waals surface area contributed by atoms with E-state index in [0.717, 1.165) is 146 Å². The van der Waals surface area contributed by atoms with Gasteiger partial charge in [-0.05, 0) is 209 Å². The Morgan fingerprint density at radius 1 is 0.360 bits per heavy atom. The maximum absolute atomic E-state index is 14.1. The van der Waals surface area contributed by atoms with Crippen molar-refractivity contribution in [2.45, 2.75) is 181 Å². The first kappa shape index (κ1) is 63.4. The second kappa shape index (κ2) is 28.6. The molecular weight excluding hydrogens is 1100 g/mol. The van der Waals surface area contributed by atoms with Crippen molar-refractivity contribution < 1.29 is 76.1 Å². The summed E-state index contributed by atoms with van der Waals surface area (Å²) >= 11 is 0. The first-order valence-corrected chi connectivity index (χ1v) is 31.7. The molecule has 9 rings (SSSR count). The molecule has 2 saturated carbocycles. The van der Waals surface area contributed by atoms with Gasteiger partial charge in [0.1, 0.15) is 23.0 Å². The molecule has 0 radical (unpaired) electrons. The van der Waals surface area contributed by atoms with Crippen molar-refractivity contribution in [1.29, 1.82) is 0 Å². The highest BCUT2D eigenvalue weighted by Crippen LogP contribution is 2.58. The Kier molecular flexibility index (Phi) is 21.1. The van der Waals surface area contributed by atoms with Crippen LogP contribution in [-0.2, 0) is 95.7 Å². The number of methoxy groups -OCH3 is 2. The first-order chi connectivity index (χ1) is 41.7. The molecule has 0 amide bonds. The quantitative estimate of drug-likeness (QED) is 0.0409. The smallest absolute Gasteiger partial charge is 0.335 e. The van der Waals surface area contributed by atoms with Crippen molar-refractivity contribution in [3.63, 3.8) is 0 Å². The molecule has 5 aliphatic rings. The highest BCUT2D eigenvalue weighted by Gasteiger charge is 2.59. The molecule has 2 fully saturated rings. The lowest BCUT2D eigenvalue weighted by Crippen LogP contribution is -2.50. The SMILES string of the molecule is CCOC(=O)C(CCOc1c2cc3cc1[C@@H]1CC[C@@H]1c1cc(cc(c1OC)Cc1cc4cc(c1OCCC(C(=O)OCC)(C(=O)OCC)C(=O)OCC)[C@@H]1CC[C@@H]1c1cc(cc(c1OC)C2)CCCCC4)CCCCC3)(C(=O)OCC)C(=O)OCC. The lowest BCUT2D eigenvalue weighted by molar-refractivity contribution is -0.187. The molecule has 4 atom stereocenters. The zero-order chi connectivity index (χ0) is 61.1. The highest BCUT2D eigenvalue weighted by atomic mass is 16.6. The molecule has 0 aromatic heterocycles. The minimum absolute atomic E-state index is 0.0138. The maximum Gasteiger partial charge on any atom is 0.335 e. The topological polar surface area (TPSA) is 195 Å². The number of carbonyl (C=O) groups is 6. The van der Waals surface area contributed by atoms with E-state index in [2.05, 4.69) is 48.5 Å². The fourth-order valence-corrected chi connectivity index (χ4v) is 14.0. The predicted octanol–water partition coefficient (Wildman–Crippen LogP) is 11.9. The van der Waals surface area contributed by atoms with E-state index in [0.29, 0.717) is 24.3 Å². The van der Waals surface area contributed by atoms with Gasteiger partial charge in [-0.1, -0.05) is 61.4 Å². The van der Waals surface area contributed by atoms with E-state index in [1.165, 1.54) is 22.3 Å². The standard InChI is InChI=1S/C70H88O16/c1-9-79-63(71)69(64(72)80-10-2,65(73)81-11-3)29-31-85-61-49-35-45-23-19-15-17-22-44-34-48(60(78-8)55(37-44)51-25-27-53(51)57(61)39-45)42-50-36-46-24-20-16-18-21-43-33-47(41-49)59(77-7)56(38-43)52-26-28-54(52)58(40-46)62(50)86-32-30-70(66(74)82-12-4,67(75)83-13-5)68(76)84-14-6/h33-40,51-54H,9-32,41-42H2,1-8H3/t51-,52-,53+,54+/m0/s1. The number of hydrogen-bond acceptors (Lipinski definition) is 16. The van der Waals surface area contributed by atoms with Gasteiger partial charge in [0.05, 0.1) is 67.1 Å². The molecule has 86 heavy (non-hydrogen) atoms. The monoisotopic (exact) mass is 1180 g/mol. The van der Waals surface area contributed by atoms with Gasteiger partial charge in [-0.3, -0.25) is 28.8 Å². The maximum atomic E-state index is 14.1. The van der Waals surface area contributed by atoms with E-state index < -0.39 is 46.6 Å². The van der Waals surface area contributed by atoms with Crippen LogP contribution in [0.25, 0.3) is 0 Å². The zero-order valence-electron chi connectivity index (χ0n) is 51.8. The minimum atomic E-state index is -2.43. The van der Waals surface area contributed by atoms with Gasteiger partial charge in [-0.25, -0.2) is 0 Å². The molecule has 5 aliphatic carbocycles. The molecule has 0 heterocycles. The van der Waals surface area contributed by atoms with Crippen LogP contribution in [0.15, 0.2) is 48.5 Å². The van der Waals surface area contributed by atoms with Gasteiger partial charge in [-0.15, -0.1) is 0 Å². The highest BCUT2D eigenvalue weighted by molar-refractivity contribution is 6.18. The molecule has 0 N–H and O–H groups in total.